The summed E-state index contributed by atoms with van der Waals surface area (Å²) in [5.74, 6) is -0.284. The van der Waals surface area contributed by atoms with Crippen LogP contribution in [-0.2, 0) is 6.42 Å². The smallest absolute Gasteiger partial charge is 0.254 e. The van der Waals surface area contributed by atoms with Crippen LogP contribution in [0.3, 0.4) is 0 Å². The van der Waals surface area contributed by atoms with Gasteiger partial charge < -0.3 is 10.1 Å². The van der Waals surface area contributed by atoms with Crippen LogP contribution in [-0.4, -0.2) is 19.6 Å². The van der Waals surface area contributed by atoms with Crippen molar-refractivity contribution in [3.63, 3.8) is 0 Å². The van der Waals surface area contributed by atoms with Crippen LogP contribution in [0.2, 0.25) is 5.02 Å². The van der Waals surface area contributed by atoms with E-state index in [0.717, 1.165) is 17.4 Å². The molecule has 0 saturated heterocycles. The molecule has 0 fully saturated rings. The minimum Gasteiger partial charge on any atom is -0.497 e. The highest BCUT2D eigenvalue weighted by molar-refractivity contribution is 6.30. The second-order valence-electron chi connectivity index (χ2n) is 4.48. The quantitative estimate of drug-likeness (QED) is 0.918. The second-order valence-corrected chi connectivity index (χ2v) is 4.91. The van der Waals surface area contributed by atoms with Crippen LogP contribution in [0.1, 0.15) is 15.9 Å². The monoisotopic (exact) mass is 307 g/mol. The molecule has 0 aliphatic rings. The maximum absolute atomic E-state index is 13.6. The summed E-state index contributed by atoms with van der Waals surface area (Å²) in [6.45, 7) is 0.424. The Bertz CT molecular complexity index is 629. The average Bonchev–Trinajstić information content (AvgIpc) is 2.47. The van der Waals surface area contributed by atoms with Crippen molar-refractivity contribution in [2.24, 2.45) is 0 Å². The zero-order valence-electron chi connectivity index (χ0n) is 11.5. The van der Waals surface area contributed by atoms with Gasteiger partial charge in [0.15, 0.2) is 0 Å². The van der Waals surface area contributed by atoms with E-state index >= 15 is 0 Å². The van der Waals surface area contributed by atoms with Gasteiger partial charge in [0, 0.05) is 11.6 Å². The van der Waals surface area contributed by atoms with Gasteiger partial charge in [0.1, 0.15) is 11.6 Å². The van der Waals surface area contributed by atoms with Crippen molar-refractivity contribution >= 4 is 17.5 Å². The summed E-state index contributed by atoms with van der Waals surface area (Å²) in [4.78, 5) is 11.9. The van der Waals surface area contributed by atoms with Crippen molar-refractivity contribution in [2.75, 3.05) is 13.7 Å². The number of rotatable bonds is 5. The third-order valence-corrected chi connectivity index (χ3v) is 3.27. The fourth-order valence-corrected chi connectivity index (χ4v) is 2.04. The van der Waals surface area contributed by atoms with Crippen molar-refractivity contribution in [2.45, 2.75) is 6.42 Å². The van der Waals surface area contributed by atoms with Crippen LogP contribution < -0.4 is 10.1 Å². The highest BCUT2D eigenvalue weighted by atomic mass is 35.5. The number of hydrogen-bond donors (Lipinski definition) is 1. The molecule has 0 aliphatic heterocycles. The third-order valence-electron chi connectivity index (χ3n) is 3.03. The number of methoxy groups -OCH3 is 1. The molecular weight excluding hydrogens is 293 g/mol. The van der Waals surface area contributed by atoms with E-state index in [1.165, 1.54) is 12.1 Å². The van der Waals surface area contributed by atoms with Crippen molar-refractivity contribution in [1.29, 1.82) is 0 Å². The normalized spacial score (nSPS) is 10.2. The lowest BCUT2D eigenvalue weighted by molar-refractivity contribution is 0.0950. The Hall–Kier alpha value is -2.07. The summed E-state index contributed by atoms with van der Waals surface area (Å²) >= 11 is 5.65. The number of amides is 1. The molecule has 0 saturated carbocycles. The van der Waals surface area contributed by atoms with Crippen molar-refractivity contribution in [3.05, 3.63) is 64.4 Å². The maximum atomic E-state index is 13.6. The molecule has 0 unspecified atom stereocenters. The van der Waals surface area contributed by atoms with Gasteiger partial charge in [-0.1, -0.05) is 23.7 Å². The number of hydrogen-bond acceptors (Lipinski definition) is 2. The summed E-state index contributed by atoms with van der Waals surface area (Å²) in [7, 11) is 1.61. The van der Waals surface area contributed by atoms with Gasteiger partial charge in [-0.25, -0.2) is 4.39 Å². The van der Waals surface area contributed by atoms with Crippen LogP contribution in [0.5, 0.6) is 5.75 Å². The Balaban J connectivity index is 1.88. The summed E-state index contributed by atoms with van der Waals surface area (Å²) in [5, 5.41) is 2.95. The summed E-state index contributed by atoms with van der Waals surface area (Å²) < 4.78 is 18.6. The maximum Gasteiger partial charge on any atom is 0.254 e. The van der Waals surface area contributed by atoms with E-state index in [2.05, 4.69) is 5.32 Å². The van der Waals surface area contributed by atoms with Crippen LogP contribution >= 0.6 is 11.6 Å². The molecule has 0 atom stereocenters. The molecule has 3 nitrogen and oxygen atoms in total. The minimum absolute atomic E-state index is 0.00543. The zero-order chi connectivity index (χ0) is 15.2. The van der Waals surface area contributed by atoms with E-state index in [9.17, 15) is 9.18 Å². The molecule has 2 rings (SSSR count). The molecule has 0 heterocycles. The number of nitrogens with one attached hydrogen (secondary N) is 1. The van der Waals surface area contributed by atoms with Gasteiger partial charge in [-0.2, -0.15) is 0 Å². The molecular formula is C16H15ClFNO2. The van der Waals surface area contributed by atoms with Crippen LogP contribution in [0.15, 0.2) is 42.5 Å². The fraction of sp³-hybridized carbons (Fsp3) is 0.188. The van der Waals surface area contributed by atoms with Gasteiger partial charge in [0.25, 0.3) is 5.91 Å². The Labute approximate surface area is 127 Å². The van der Waals surface area contributed by atoms with Gasteiger partial charge >= 0.3 is 0 Å². The van der Waals surface area contributed by atoms with Crippen molar-refractivity contribution < 1.29 is 13.9 Å². The predicted molar refractivity (Wildman–Crippen MR) is 80.4 cm³/mol. The van der Waals surface area contributed by atoms with Crippen LogP contribution in [0.25, 0.3) is 0 Å². The SMILES string of the molecule is COc1ccc(CCNC(=O)c2ccc(Cl)cc2F)cc1. The van der Waals surface area contributed by atoms with E-state index in [0.29, 0.717) is 13.0 Å². The van der Waals surface area contributed by atoms with Crippen molar-refractivity contribution in [3.8, 4) is 5.75 Å². The first-order valence-electron chi connectivity index (χ1n) is 6.46. The summed E-state index contributed by atoms with van der Waals surface area (Å²) in [5.41, 5.74) is 1.06. The van der Waals surface area contributed by atoms with Gasteiger partial charge in [-0.05, 0) is 42.3 Å². The molecule has 0 aliphatic carbocycles. The first kappa shape index (κ1) is 15.3. The Kier molecular flexibility index (Phi) is 5.17. The molecule has 110 valence electrons. The highest BCUT2D eigenvalue weighted by Gasteiger charge is 2.11. The number of benzene rings is 2. The van der Waals surface area contributed by atoms with Gasteiger partial charge in [-0.15, -0.1) is 0 Å². The lowest BCUT2D eigenvalue weighted by Crippen LogP contribution is -2.26. The van der Waals surface area contributed by atoms with Crippen LogP contribution in [0, 0.1) is 5.82 Å². The lowest BCUT2D eigenvalue weighted by Gasteiger charge is -2.07. The van der Waals surface area contributed by atoms with Gasteiger partial charge in [-0.3, -0.25) is 4.79 Å². The Morgan fingerprint density at radius 3 is 2.57 bits per heavy atom. The Morgan fingerprint density at radius 2 is 1.95 bits per heavy atom. The molecule has 21 heavy (non-hydrogen) atoms. The molecule has 0 spiro atoms. The molecule has 1 amide bonds. The molecule has 1 N–H and O–H groups in total. The third kappa shape index (κ3) is 4.20. The van der Waals surface area contributed by atoms with E-state index in [1.807, 2.05) is 24.3 Å². The van der Waals surface area contributed by atoms with E-state index < -0.39 is 11.7 Å². The zero-order valence-corrected chi connectivity index (χ0v) is 12.3. The first-order chi connectivity index (χ1) is 10.1. The molecule has 0 bridgehead atoms. The summed E-state index contributed by atoms with van der Waals surface area (Å²) in [6.07, 6.45) is 0.658. The molecule has 2 aromatic rings. The lowest BCUT2D eigenvalue weighted by atomic mass is 10.1. The van der Waals surface area contributed by atoms with Gasteiger partial charge in [0.2, 0.25) is 0 Å². The van der Waals surface area contributed by atoms with E-state index in [4.69, 9.17) is 16.3 Å². The summed E-state index contributed by atoms with van der Waals surface area (Å²) in [6, 6.07) is 11.6. The minimum atomic E-state index is -0.621. The van der Waals surface area contributed by atoms with Gasteiger partial charge in [0.05, 0.1) is 12.7 Å². The number of ether oxygens (including phenoxy) is 1. The second kappa shape index (κ2) is 7.09. The largest absolute Gasteiger partial charge is 0.497 e. The average molecular weight is 308 g/mol. The molecule has 2 aromatic carbocycles. The molecule has 5 heteroatoms. The fourth-order valence-electron chi connectivity index (χ4n) is 1.88. The van der Waals surface area contributed by atoms with Crippen LogP contribution in [0.4, 0.5) is 4.39 Å². The standard InChI is InChI=1S/C16H15ClFNO2/c1-21-13-5-2-11(3-6-13)8-9-19-16(20)14-7-4-12(17)10-15(14)18/h2-7,10H,8-9H2,1H3,(H,19,20). The van der Waals surface area contributed by atoms with E-state index in [-0.39, 0.29) is 10.6 Å². The van der Waals surface area contributed by atoms with Crippen molar-refractivity contribution in [1.82, 2.24) is 5.32 Å². The van der Waals surface area contributed by atoms with E-state index in [1.54, 1.807) is 7.11 Å². The molecule has 0 radical (unpaired) electrons. The number of halogens is 2. The topological polar surface area (TPSA) is 38.3 Å². The number of carbonyl (C=O) groups is 1. The molecule has 0 aromatic heterocycles. The number of carbonyl (C=O) groups excluding carboxylic acids is 1. The Morgan fingerprint density at radius 1 is 1.24 bits per heavy atom. The predicted octanol–water partition coefficient (Wildman–Crippen LogP) is 3.46. The highest BCUT2D eigenvalue weighted by Crippen LogP contribution is 2.14. The first-order valence-corrected chi connectivity index (χ1v) is 6.84.